The van der Waals surface area contributed by atoms with Crippen molar-refractivity contribution in [1.82, 2.24) is 15.6 Å². The van der Waals surface area contributed by atoms with E-state index in [1.165, 1.54) is 4.88 Å². The molecule has 7 heteroatoms. The number of carbonyl (C=O) groups is 2. The summed E-state index contributed by atoms with van der Waals surface area (Å²) in [6.07, 6.45) is 1.09. The largest absolute Gasteiger partial charge is 0.497 e. The van der Waals surface area contributed by atoms with Crippen LogP contribution < -0.4 is 15.4 Å². The van der Waals surface area contributed by atoms with Crippen LogP contribution in [0.5, 0.6) is 5.75 Å². The minimum atomic E-state index is -0.103. The summed E-state index contributed by atoms with van der Waals surface area (Å²) < 4.78 is 5.12. The van der Waals surface area contributed by atoms with Crippen LogP contribution in [0, 0.1) is 13.8 Å². The Kier molecular flexibility index (Phi) is 7.78. The van der Waals surface area contributed by atoms with E-state index < -0.39 is 0 Å². The average Bonchev–Trinajstić information content (AvgIpc) is 3.10. The van der Waals surface area contributed by atoms with Crippen LogP contribution in [0.3, 0.4) is 0 Å². The first-order chi connectivity index (χ1) is 14.9. The van der Waals surface area contributed by atoms with Gasteiger partial charge >= 0.3 is 0 Å². The number of aryl methyl sites for hydroxylation is 2. The first-order valence-electron chi connectivity index (χ1n) is 10.1. The number of carbonyl (C=O) groups excluding carboxylic acids is 2. The second-order valence-corrected chi connectivity index (χ2v) is 8.53. The molecule has 162 valence electrons. The van der Waals surface area contributed by atoms with Gasteiger partial charge in [0, 0.05) is 30.0 Å². The molecule has 31 heavy (non-hydrogen) atoms. The van der Waals surface area contributed by atoms with Gasteiger partial charge in [-0.05, 0) is 49.2 Å². The fourth-order valence-corrected chi connectivity index (χ4v) is 4.10. The lowest BCUT2D eigenvalue weighted by atomic mass is 10.1. The highest BCUT2D eigenvalue weighted by Gasteiger charge is 2.09. The van der Waals surface area contributed by atoms with Crippen LogP contribution in [0.25, 0.3) is 0 Å². The number of rotatable bonds is 9. The van der Waals surface area contributed by atoms with E-state index >= 15 is 0 Å². The minimum Gasteiger partial charge on any atom is -0.497 e. The molecular weight excluding hydrogens is 410 g/mol. The van der Waals surface area contributed by atoms with Crippen molar-refractivity contribution in [1.29, 1.82) is 0 Å². The number of amides is 2. The maximum absolute atomic E-state index is 12.3. The molecule has 0 bridgehead atoms. The molecule has 0 radical (unpaired) electrons. The summed E-state index contributed by atoms with van der Waals surface area (Å²) in [5, 5.41) is 6.91. The molecular formula is C24H27N3O3S. The predicted molar refractivity (Wildman–Crippen MR) is 123 cm³/mol. The summed E-state index contributed by atoms with van der Waals surface area (Å²) in [7, 11) is 1.61. The molecule has 6 nitrogen and oxygen atoms in total. The van der Waals surface area contributed by atoms with Gasteiger partial charge in [-0.2, -0.15) is 0 Å². The maximum atomic E-state index is 12.3. The molecule has 2 aromatic carbocycles. The Bertz CT molecular complexity index is 1030. The van der Waals surface area contributed by atoms with Crippen LogP contribution in [-0.2, 0) is 24.2 Å². The van der Waals surface area contributed by atoms with E-state index in [9.17, 15) is 9.59 Å². The SMILES string of the molecule is COc1ccc(CC(=O)NCc2ccc(C(=O)NCCc3sc(C)nc3C)cc2)cc1. The predicted octanol–water partition coefficient (Wildman–Crippen LogP) is 3.60. The van der Waals surface area contributed by atoms with Crippen molar-refractivity contribution in [2.75, 3.05) is 13.7 Å². The molecule has 0 fully saturated rings. The van der Waals surface area contributed by atoms with E-state index in [2.05, 4.69) is 15.6 Å². The van der Waals surface area contributed by atoms with Crippen molar-refractivity contribution < 1.29 is 14.3 Å². The smallest absolute Gasteiger partial charge is 0.251 e. The molecule has 2 amide bonds. The number of nitrogens with zero attached hydrogens (tertiary/aromatic N) is 1. The highest BCUT2D eigenvalue weighted by Crippen LogP contribution is 2.17. The van der Waals surface area contributed by atoms with E-state index in [0.717, 1.165) is 34.0 Å². The van der Waals surface area contributed by atoms with Crippen LogP contribution in [0.15, 0.2) is 48.5 Å². The second-order valence-electron chi connectivity index (χ2n) is 7.25. The lowest BCUT2D eigenvalue weighted by molar-refractivity contribution is -0.120. The Morgan fingerprint density at radius 2 is 1.65 bits per heavy atom. The summed E-state index contributed by atoms with van der Waals surface area (Å²) >= 11 is 1.67. The van der Waals surface area contributed by atoms with Crippen LogP contribution in [0.1, 0.15) is 37.1 Å². The fourth-order valence-electron chi connectivity index (χ4n) is 3.16. The Labute approximate surface area is 186 Å². The van der Waals surface area contributed by atoms with E-state index in [0.29, 0.717) is 25.1 Å². The van der Waals surface area contributed by atoms with E-state index in [1.54, 1.807) is 30.6 Å². The molecule has 0 spiro atoms. The van der Waals surface area contributed by atoms with E-state index in [1.807, 2.05) is 50.2 Å². The standard InChI is InChI=1S/C24H27N3O3S/c1-16-22(31-17(2)27-16)12-13-25-24(29)20-8-4-19(5-9-20)15-26-23(28)14-18-6-10-21(30-3)11-7-18/h4-11H,12-15H2,1-3H3,(H,25,29)(H,26,28). The van der Waals surface area contributed by atoms with Crippen LogP contribution in [0.4, 0.5) is 0 Å². The molecule has 3 rings (SSSR count). The van der Waals surface area contributed by atoms with Crippen LogP contribution in [-0.4, -0.2) is 30.5 Å². The van der Waals surface area contributed by atoms with Gasteiger partial charge in [0.2, 0.25) is 5.91 Å². The summed E-state index contributed by atoms with van der Waals surface area (Å²) in [5.74, 6) is 0.608. The highest BCUT2D eigenvalue weighted by molar-refractivity contribution is 7.11. The summed E-state index contributed by atoms with van der Waals surface area (Å²) in [6.45, 7) is 4.98. The van der Waals surface area contributed by atoms with Gasteiger partial charge in [-0.15, -0.1) is 11.3 Å². The Morgan fingerprint density at radius 1 is 0.968 bits per heavy atom. The second kappa shape index (κ2) is 10.7. The first kappa shape index (κ1) is 22.5. The lowest BCUT2D eigenvalue weighted by Gasteiger charge is -2.08. The number of methoxy groups -OCH3 is 1. The van der Waals surface area contributed by atoms with Gasteiger partial charge in [-0.25, -0.2) is 4.98 Å². The molecule has 0 aliphatic rings. The Morgan fingerprint density at radius 3 is 2.26 bits per heavy atom. The summed E-state index contributed by atoms with van der Waals surface area (Å²) in [6, 6.07) is 14.7. The van der Waals surface area contributed by atoms with Crippen molar-refractivity contribution in [3.05, 3.63) is 80.8 Å². The van der Waals surface area contributed by atoms with Gasteiger partial charge < -0.3 is 15.4 Å². The Balaban J connectivity index is 1.42. The van der Waals surface area contributed by atoms with Gasteiger partial charge in [0.05, 0.1) is 24.2 Å². The number of nitrogens with one attached hydrogen (secondary N) is 2. The van der Waals surface area contributed by atoms with Gasteiger partial charge in [-0.1, -0.05) is 24.3 Å². The van der Waals surface area contributed by atoms with Crippen LogP contribution >= 0.6 is 11.3 Å². The number of benzene rings is 2. The molecule has 0 atom stereocenters. The molecule has 1 heterocycles. The maximum Gasteiger partial charge on any atom is 0.251 e. The molecule has 1 aromatic heterocycles. The third kappa shape index (κ3) is 6.65. The third-order valence-corrected chi connectivity index (χ3v) is 6.00. The zero-order chi connectivity index (χ0) is 22.2. The van der Waals surface area contributed by atoms with Crippen LogP contribution in [0.2, 0.25) is 0 Å². The molecule has 0 unspecified atom stereocenters. The third-order valence-electron chi connectivity index (χ3n) is 4.87. The van der Waals surface area contributed by atoms with Crippen molar-refractivity contribution in [3.63, 3.8) is 0 Å². The number of aromatic nitrogens is 1. The van der Waals surface area contributed by atoms with Crippen molar-refractivity contribution in [3.8, 4) is 5.75 Å². The first-order valence-corrected chi connectivity index (χ1v) is 11.0. The van der Waals surface area contributed by atoms with E-state index in [-0.39, 0.29) is 11.8 Å². The summed E-state index contributed by atoms with van der Waals surface area (Å²) in [5.41, 5.74) is 3.50. The average molecular weight is 438 g/mol. The number of ether oxygens (including phenoxy) is 1. The topological polar surface area (TPSA) is 80.3 Å². The number of hydrogen-bond acceptors (Lipinski definition) is 5. The van der Waals surface area contributed by atoms with E-state index in [4.69, 9.17) is 4.74 Å². The summed E-state index contributed by atoms with van der Waals surface area (Å²) in [4.78, 5) is 30.1. The zero-order valence-electron chi connectivity index (χ0n) is 18.0. The van der Waals surface area contributed by atoms with Gasteiger partial charge in [0.1, 0.15) is 5.75 Å². The Hall–Kier alpha value is -3.19. The zero-order valence-corrected chi connectivity index (χ0v) is 18.8. The lowest BCUT2D eigenvalue weighted by Crippen LogP contribution is -2.26. The minimum absolute atomic E-state index is 0.0550. The molecule has 0 saturated carbocycles. The van der Waals surface area contributed by atoms with Gasteiger partial charge in [0.25, 0.3) is 5.91 Å². The molecule has 0 aliphatic carbocycles. The monoisotopic (exact) mass is 437 g/mol. The molecule has 0 aliphatic heterocycles. The van der Waals surface area contributed by atoms with Crippen molar-refractivity contribution in [2.24, 2.45) is 0 Å². The molecule has 2 N–H and O–H groups in total. The molecule has 0 saturated heterocycles. The van der Waals surface area contributed by atoms with Gasteiger partial charge in [0.15, 0.2) is 0 Å². The van der Waals surface area contributed by atoms with Gasteiger partial charge in [-0.3, -0.25) is 9.59 Å². The quantitative estimate of drug-likeness (QED) is 0.536. The molecule has 3 aromatic rings. The highest BCUT2D eigenvalue weighted by atomic mass is 32.1. The van der Waals surface area contributed by atoms with Crippen molar-refractivity contribution >= 4 is 23.2 Å². The number of hydrogen-bond donors (Lipinski definition) is 2. The normalized spacial score (nSPS) is 10.5. The van der Waals surface area contributed by atoms with Crippen molar-refractivity contribution in [2.45, 2.75) is 33.2 Å². The number of thiazole rings is 1. The fraction of sp³-hybridized carbons (Fsp3) is 0.292.